The molecule has 3 aliphatic rings. The second kappa shape index (κ2) is 8.36. The Labute approximate surface area is 198 Å². The van der Waals surface area contributed by atoms with Gasteiger partial charge in [0.2, 0.25) is 0 Å². The number of benzene rings is 1. The number of carbonyl (C=O) groups excluding carboxylic acids is 1. The summed E-state index contributed by atoms with van der Waals surface area (Å²) in [5.74, 6) is 3.21. The monoisotopic (exact) mass is 475 g/mol. The summed E-state index contributed by atoms with van der Waals surface area (Å²) in [4.78, 5) is 29.2. The lowest BCUT2D eigenvalue weighted by Crippen LogP contribution is -2.51. The molecule has 9 heteroatoms. The number of ether oxygens (including phenoxy) is 1. The molecule has 1 aromatic carbocycles. The number of hydrogen-bond donors (Lipinski definition) is 0. The van der Waals surface area contributed by atoms with Crippen molar-refractivity contribution < 1.29 is 9.53 Å². The third-order valence-electron chi connectivity index (χ3n) is 6.75. The molecule has 32 heavy (non-hydrogen) atoms. The SMILES string of the molecule is Cc1nc(N2CCN(C)CC2)cc(N2CCC3(CC2)CC(=O)c2cc(Cl)cc(Cl)c2O3)n1. The van der Waals surface area contributed by atoms with E-state index >= 15 is 0 Å². The van der Waals surface area contributed by atoms with E-state index in [1.165, 1.54) is 0 Å². The van der Waals surface area contributed by atoms with Crippen LogP contribution in [0.3, 0.4) is 0 Å². The lowest BCUT2D eigenvalue weighted by Gasteiger charge is -2.44. The first kappa shape index (κ1) is 21.7. The van der Waals surface area contributed by atoms with Gasteiger partial charge in [-0.3, -0.25) is 4.79 Å². The van der Waals surface area contributed by atoms with E-state index in [1.54, 1.807) is 12.1 Å². The number of anilines is 2. The highest BCUT2D eigenvalue weighted by atomic mass is 35.5. The fourth-order valence-electron chi connectivity index (χ4n) is 4.83. The standard InChI is InChI=1S/C23H27Cl2N5O2/c1-15-26-20(13-21(27-15)30-9-7-28(2)8-10-30)29-5-3-23(4-6-29)14-19(31)17-11-16(24)12-18(25)22(17)32-23/h11-13H,3-10,14H2,1-2H3. The highest BCUT2D eigenvalue weighted by Gasteiger charge is 2.44. The number of nitrogens with zero attached hydrogens (tertiary/aromatic N) is 5. The number of aryl methyl sites for hydroxylation is 1. The van der Waals surface area contributed by atoms with Crippen LogP contribution in [0, 0.1) is 6.92 Å². The van der Waals surface area contributed by atoms with Gasteiger partial charge in [-0.1, -0.05) is 23.2 Å². The van der Waals surface area contributed by atoms with E-state index < -0.39 is 5.60 Å². The summed E-state index contributed by atoms with van der Waals surface area (Å²) in [6.45, 7) is 7.46. The van der Waals surface area contributed by atoms with Gasteiger partial charge in [-0.15, -0.1) is 0 Å². The van der Waals surface area contributed by atoms with E-state index in [1.807, 2.05) is 6.92 Å². The molecule has 0 radical (unpaired) electrons. The number of ketones is 1. The average Bonchev–Trinajstić information content (AvgIpc) is 2.75. The molecule has 5 rings (SSSR count). The lowest BCUT2D eigenvalue weighted by molar-refractivity contribution is 0.0232. The number of aromatic nitrogens is 2. The molecule has 7 nitrogen and oxygen atoms in total. The minimum Gasteiger partial charge on any atom is -0.484 e. The Morgan fingerprint density at radius 3 is 2.22 bits per heavy atom. The van der Waals surface area contributed by atoms with Crippen LogP contribution < -0.4 is 14.5 Å². The number of piperidine rings is 1. The van der Waals surface area contributed by atoms with Crippen molar-refractivity contribution in [2.75, 3.05) is 56.1 Å². The highest BCUT2D eigenvalue weighted by molar-refractivity contribution is 6.36. The molecule has 2 aromatic rings. The van der Waals surface area contributed by atoms with Crippen LogP contribution in [-0.4, -0.2) is 72.6 Å². The first-order chi connectivity index (χ1) is 15.3. The van der Waals surface area contributed by atoms with Crippen molar-refractivity contribution in [3.05, 3.63) is 39.6 Å². The van der Waals surface area contributed by atoms with Crippen molar-refractivity contribution in [3.8, 4) is 5.75 Å². The van der Waals surface area contributed by atoms with Gasteiger partial charge >= 0.3 is 0 Å². The van der Waals surface area contributed by atoms with Crippen LogP contribution in [0.4, 0.5) is 11.6 Å². The maximum absolute atomic E-state index is 12.9. The van der Waals surface area contributed by atoms with Crippen molar-refractivity contribution in [3.63, 3.8) is 0 Å². The fourth-order valence-corrected chi connectivity index (χ4v) is 5.36. The molecule has 170 valence electrons. The van der Waals surface area contributed by atoms with Crippen molar-refractivity contribution in [1.82, 2.24) is 14.9 Å². The minimum absolute atomic E-state index is 0.0410. The largest absolute Gasteiger partial charge is 0.484 e. The Balaban J connectivity index is 1.32. The molecule has 0 bridgehead atoms. The number of hydrogen-bond acceptors (Lipinski definition) is 7. The van der Waals surface area contributed by atoms with Crippen molar-refractivity contribution in [1.29, 1.82) is 0 Å². The van der Waals surface area contributed by atoms with Gasteiger partial charge in [0.15, 0.2) is 5.78 Å². The maximum Gasteiger partial charge on any atom is 0.170 e. The summed E-state index contributed by atoms with van der Waals surface area (Å²) in [6, 6.07) is 5.38. The summed E-state index contributed by atoms with van der Waals surface area (Å²) in [5.41, 5.74) is -0.0424. The van der Waals surface area contributed by atoms with Gasteiger partial charge in [0, 0.05) is 63.2 Å². The fraction of sp³-hybridized carbons (Fsp3) is 0.522. The first-order valence-corrected chi connectivity index (χ1v) is 11.8. The van der Waals surface area contributed by atoms with Crippen LogP contribution in [0.5, 0.6) is 5.75 Å². The van der Waals surface area contributed by atoms with E-state index in [-0.39, 0.29) is 5.78 Å². The first-order valence-electron chi connectivity index (χ1n) is 11.1. The van der Waals surface area contributed by atoms with E-state index in [9.17, 15) is 4.79 Å². The molecule has 0 amide bonds. The van der Waals surface area contributed by atoms with Crippen LogP contribution in [0.2, 0.25) is 10.0 Å². The smallest absolute Gasteiger partial charge is 0.170 e. The van der Waals surface area contributed by atoms with Gasteiger partial charge < -0.3 is 19.4 Å². The molecule has 0 N–H and O–H groups in total. The van der Waals surface area contributed by atoms with Gasteiger partial charge in [-0.2, -0.15) is 0 Å². The topological polar surface area (TPSA) is 61.8 Å². The number of carbonyl (C=O) groups is 1. The zero-order chi connectivity index (χ0) is 22.5. The molecule has 4 heterocycles. The Morgan fingerprint density at radius 1 is 0.938 bits per heavy atom. The minimum atomic E-state index is -0.527. The molecule has 1 aromatic heterocycles. The summed E-state index contributed by atoms with van der Waals surface area (Å²) >= 11 is 12.4. The van der Waals surface area contributed by atoms with E-state index in [2.05, 4.69) is 32.8 Å². The second-order valence-corrected chi connectivity index (χ2v) is 9.90. The normalized spacial score (nSPS) is 20.9. The number of halogens is 2. The van der Waals surface area contributed by atoms with Gasteiger partial charge in [-0.25, -0.2) is 9.97 Å². The molecule has 0 atom stereocenters. The quantitative estimate of drug-likeness (QED) is 0.653. The average molecular weight is 476 g/mol. The van der Waals surface area contributed by atoms with Crippen molar-refractivity contribution >= 4 is 40.6 Å². The molecule has 0 unspecified atom stereocenters. The molecule has 3 aliphatic heterocycles. The Hall–Kier alpha value is -2.09. The summed E-state index contributed by atoms with van der Waals surface area (Å²) < 4.78 is 6.37. The number of rotatable bonds is 2. The molecule has 0 aliphatic carbocycles. The van der Waals surface area contributed by atoms with Crippen LogP contribution in [0.15, 0.2) is 18.2 Å². The molecule has 2 fully saturated rings. The van der Waals surface area contributed by atoms with Gasteiger partial charge in [-0.05, 0) is 26.1 Å². The number of likely N-dealkylation sites (N-methyl/N-ethyl adjacent to an activating group) is 1. The third-order valence-corrected chi connectivity index (χ3v) is 7.25. The number of fused-ring (bicyclic) bond motifs is 1. The van der Waals surface area contributed by atoms with Gasteiger partial charge in [0.1, 0.15) is 28.8 Å². The Bertz CT molecular complexity index is 1050. The van der Waals surface area contributed by atoms with Crippen molar-refractivity contribution in [2.24, 2.45) is 0 Å². The predicted molar refractivity (Wildman–Crippen MR) is 127 cm³/mol. The van der Waals surface area contributed by atoms with E-state index in [0.717, 1.165) is 69.6 Å². The van der Waals surface area contributed by atoms with Gasteiger partial charge in [0.25, 0.3) is 0 Å². The highest BCUT2D eigenvalue weighted by Crippen LogP contribution is 2.44. The van der Waals surface area contributed by atoms with Crippen LogP contribution in [-0.2, 0) is 0 Å². The number of piperazine rings is 1. The molecular formula is C23H27Cl2N5O2. The lowest BCUT2D eigenvalue weighted by atomic mass is 9.82. The van der Waals surface area contributed by atoms with Gasteiger partial charge in [0.05, 0.1) is 17.0 Å². The molecule has 1 spiro atoms. The Morgan fingerprint density at radius 2 is 1.56 bits per heavy atom. The number of Topliss-reactive ketones (excluding diaryl/α,β-unsaturated/α-hetero) is 1. The summed E-state index contributed by atoms with van der Waals surface area (Å²) in [5, 5.41) is 0.845. The zero-order valence-corrected chi connectivity index (χ0v) is 19.9. The maximum atomic E-state index is 12.9. The van der Waals surface area contributed by atoms with Crippen LogP contribution in [0.25, 0.3) is 0 Å². The predicted octanol–water partition coefficient (Wildman–Crippen LogP) is 3.85. The van der Waals surface area contributed by atoms with E-state index in [0.29, 0.717) is 27.8 Å². The zero-order valence-electron chi connectivity index (χ0n) is 18.4. The third kappa shape index (κ3) is 4.14. The molecule has 0 saturated carbocycles. The molecular weight excluding hydrogens is 449 g/mol. The molecule has 2 saturated heterocycles. The Kier molecular flexibility index (Phi) is 5.68. The second-order valence-electron chi connectivity index (χ2n) is 9.06. The van der Waals surface area contributed by atoms with Crippen molar-refractivity contribution in [2.45, 2.75) is 31.8 Å². The summed E-state index contributed by atoms with van der Waals surface area (Å²) in [6.07, 6.45) is 1.80. The van der Waals surface area contributed by atoms with Crippen LogP contribution in [0.1, 0.15) is 35.4 Å². The van der Waals surface area contributed by atoms with E-state index in [4.69, 9.17) is 32.9 Å². The summed E-state index contributed by atoms with van der Waals surface area (Å²) in [7, 11) is 2.15. The van der Waals surface area contributed by atoms with Crippen LogP contribution >= 0.6 is 23.2 Å².